The molecule has 0 radical (unpaired) electrons. The molecule has 11 aromatic rings. The fourth-order valence-electron chi connectivity index (χ4n) is 9.93. The van der Waals surface area contributed by atoms with Crippen molar-refractivity contribution in [1.82, 2.24) is 0 Å². The maximum atomic E-state index is 12.6. The summed E-state index contributed by atoms with van der Waals surface area (Å²) in [5.41, 5.74) is 6.21. The molecule has 0 saturated heterocycles. The molecule has 0 fully saturated rings. The normalized spacial score (nSPS) is 11.0. The van der Waals surface area contributed by atoms with Crippen LogP contribution in [0.25, 0.3) is 0 Å². The predicted molar refractivity (Wildman–Crippen MR) is 426 cm³/mol. The van der Waals surface area contributed by atoms with Gasteiger partial charge in [0.1, 0.15) is 67.0 Å². The van der Waals surface area contributed by atoms with Gasteiger partial charge in [-0.05, 0) is 156 Å². The zero-order chi connectivity index (χ0) is 77.3. The number of hydrogen-bond donors (Lipinski definition) is 6. The first-order valence-electron chi connectivity index (χ1n) is 33.0. The summed E-state index contributed by atoms with van der Waals surface area (Å²) in [5.74, 6) is 2.97. The Morgan fingerprint density at radius 3 is 1.13 bits per heavy atom. The molecule has 28 heteroatoms. The number of ether oxygens (including phenoxy) is 13. The Balaban J connectivity index is 0.000000315. The molecular formula is C83H83AlCl5LiO21. The van der Waals surface area contributed by atoms with E-state index in [1.807, 2.05) is 61.5 Å². The number of benzene rings is 11. The number of carbonyl (C=O) groups is 2. The minimum absolute atomic E-state index is 0. The Morgan fingerprint density at radius 1 is 0.369 bits per heavy atom. The Kier molecular flexibility index (Phi) is 39.6. The second-order valence-electron chi connectivity index (χ2n) is 23.2. The zero-order valence-corrected chi connectivity index (χ0v) is 64.3. The largest absolute Gasteiger partial charge is 1.00 e. The molecule has 6 N–H and O–H groups in total. The maximum Gasteiger partial charge on any atom is 1.00 e. The van der Waals surface area contributed by atoms with Gasteiger partial charge in [0.25, 0.3) is 0 Å². The van der Waals surface area contributed by atoms with Crippen molar-refractivity contribution < 1.29 is 122 Å². The van der Waals surface area contributed by atoms with Gasteiger partial charge < -0.3 is 93.6 Å². The number of methoxy groups -OCH3 is 4. The number of aryl methyl sites for hydroxylation is 1. The van der Waals surface area contributed by atoms with Gasteiger partial charge in [-0.1, -0.05) is 149 Å². The summed E-state index contributed by atoms with van der Waals surface area (Å²) in [6, 6.07) is 68.0. The van der Waals surface area contributed by atoms with Gasteiger partial charge in [-0.3, -0.25) is 0 Å². The van der Waals surface area contributed by atoms with E-state index in [1.165, 1.54) is 51.7 Å². The third kappa shape index (κ3) is 30.3. The minimum Gasteiger partial charge on any atom is -1.00 e. The second-order valence-corrected chi connectivity index (χ2v) is 25.0. The number of rotatable bonds is 30. The summed E-state index contributed by atoms with van der Waals surface area (Å²) in [5, 5.41) is 59.7. The Morgan fingerprint density at radius 2 is 0.712 bits per heavy atom. The van der Waals surface area contributed by atoms with Crippen LogP contribution < -0.4 is 61.5 Å². The molecule has 0 spiro atoms. The number of phenolic OH excluding ortho intramolecular Hbond substituents is 5. The van der Waals surface area contributed by atoms with Crippen molar-refractivity contribution in [2.45, 2.75) is 51.7 Å². The number of aliphatic hydroxyl groups is 1. The number of aliphatic hydroxyl groups excluding tert-OH is 1. The molecule has 111 heavy (non-hydrogen) atoms. The van der Waals surface area contributed by atoms with Crippen molar-refractivity contribution in [1.29, 1.82) is 0 Å². The van der Waals surface area contributed by atoms with Crippen molar-refractivity contribution >= 4 is 88.1 Å². The first-order chi connectivity index (χ1) is 52.2. The van der Waals surface area contributed by atoms with E-state index in [4.69, 9.17) is 108 Å². The monoisotopic (exact) mass is 1620 g/mol. The first kappa shape index (κ1) is 91.6. The van der Waals surface area contributed by atoms with Crippen LogP contribution in [0.4, 0.5) is 0 Å². The van der Waals surface area contributed by atoms with Gasteiger partial charge in [0.05, 0.1) is 20.8 Å². The molecule has 11 rings (SSSR count). The fraction of sp³-hybridized carbons (Fsp3) is 0.181. The molecule has 3 unspecified atom stereocenters. The minimum atomic E-state index is -1.13. The summed E-state index contributed by atoms with van der Waals surface area (Å²) >= 11 is 24.1. The molecule has 0 aliphatic heterocycles. The van der Waals surface area contributed by atoms with Crippen molar-refractivity contribution in [2.75, 3.05) is 48.6 Å². The van der Waals surface area contributed by atoms with Crippen molar-refractivity contribution in [3.63, 3.8) is 0 Å². The summed E-state index contributed by atoms with van der Waals surface area (Å²) in [7, 11) is 5.65. The number of phenols is 5. The van der Waals surface area contributed by atoms with E-state index in [0.717, 1.165) is 27.8 Å². The third-order valence-electron chi connectivity index (χ3n) is 15.0. The predicted octanol–water partition coefficient (Wildman–Crippen LogP) is 14.5. The molecular weight excluding hydrogens is 1540 g/mol. The summed E-state index contributed by atoms with van der Waals surface area (Å²) < 4.78 is 71.4. The summed E-state index contributed by atoms with van der Waals surface area (Å²) in [6.07, 6.45) is -2.88. The van der Waals surface area contributed by atoms with Gasteiger partial charge in [-0.25, -0.2) is 9.59 Å². The van der Waals surface area contributed by atoms with Crippen LogP contribution in [0.5, 0.6) is 80.5 Å². The number of esters is 2. The molecule has 0 aromatic heterocycles. The Bertz CT molecular complexity index is 4720. The Hall–Kier alpha value is -9.98. The van der Waals surface area contributed by atoms with Crippen LogP contribution in [0, 0.1) is 6.92 Å². The smallest absolute Gasteiger partial charge is 1.00 e. The summed E-state index contributed by atoms with van der Waals surface area (Å²) in [6.45, 7) is 3.06. The molecule has 21 nitrogen and oxygen atoms in total. The average Bonchev–Trinajstić information content (AvgIpc) is 0.829. The number of carbonyl (C=O) groups excluding carboxylic acids is 2. The van der Waals surface area contributed by atoms with Crippen molar-refractivity contribution in [3.05, 3.63) is 307 Å². The van der Waals surface area contributed by atoms with Crippen molar-refractivity contribution in [2.24, 2.45) is 0 Å². The van der Waals surface area contributed by atoms with E-state index >= 15 is 0 Å². The Labute approximate surface area is 693 Å². The van der Waals surface area contributed by atoms with E-state index in [1.54, 1.807) is 165 Å². The van der Waals surface area contributed by atoms with Gasteiger partial charge in [-0.2, -0.15) is 0 Å². The SMILES string of the molecule is COC(=O)C(Oc1cc(Cl)ccc1OCc1cccc(O)c1)c1cccc(O)c1.COCOc1cccc(C(Oc2cc(Cl)ccc2OCc2cccc(C)c2)C(=O)OC)c1.COCOc1cccc(COc2ccc(Cl)cc2O)c1.Cl.OCC(Oc1cc(Cl)ccc1OCc1cccc(O)c1)c1cccc(O)c1.[AlH3].[H-].[Li+]. The molecule has 0 heterocycles. The van der Waals surface area contributed by atoms with E-state index < -0.39 is 30.3 Å². The van der Waals surface area contributed by atoms with E-state index in [-0.39, 0.29) is 118 Å². The standard InChI is InChI=1S/C25H25ClO6.C22H19ClO6.C21H19ClO5.C15H15ClO4.Al.ClH.Li.4H/c1-17-6-4-7-18(12-17)15-30-22-11-10-20(26)14-23(22)32-24(25(27)29-3)19-8-5-9-21(13-19)31-16-28-2;1-27-22(26)21(15-5-3-7-18(25)11-15)29-20-12-16(23)8-9-19(20)28-13-14-4-2-6-17(24)10-14;22-16-7-8-19(26-13-14-3-1-5-17(24)9-14)20(11-16)27-21(12-23)15-4-2-6-18(25)10-15;1-18-10-20-13-4-2-3-11(7-13)9-19-15-6-5-12(16)8-14(15)17;;;;;;;/h4-14,24H,15-16H2,1-3H3;2-12,21,24-25H,13H2,1H3;1-11,21,23-25H,12-13H2;2-8,17H,9-10H2,1H3;;1H;;;;;/q;;;;;;+1;;;;-1. The number of aromatic hydroxyl groups is 5. The van der Waals surface area contributed by atoms with Crippen molar-refractivity contribution in [3.8, 4) is 80.5 Å². The van der Waals surface area contributed by atoms with Crippen LogP contribution in [0.2, 0.25) is 20.1 Å². The number of hydrogen-bond acceptors (Lipinski definition) is 21. The van der Waals surface area contributed by atoms with E-state index in [2.05, 4.69) is 0 Å². The maximum absolute atomic E-state index is 12.6. The van der Waals surface area contributed by atoms with Gasteiger partial charge in [-0.15, -0.1) is 12.4 Å². The van der Waals surface area contributed by atoms with Crippen LogP contribution in [0.1, 0.15) is 64.2 Å². The first-order valence-corrected chi connectivity index (χ1v) is 34.5. The molecule has 0 aliphatic carbocycles. The van der Waals surface area contributed by atoms with E-state index in [0.29, 0.717) is 96.0 Å². The van der Waals surface area contributed by atoms with Gasteiger partial charge in [0.15, 0.2) is 76.9 Å². The van der Waals surface area contributed by atoms with Crippen LogP contribution in [0.3, 0.4) is 0 Å². The fourth-order valence-corrected chi connectivity index (χ4v) is 10.6. The topological polar surface area (TPSA) is 276 Å². The van der Waals surface area contributed by atoms with Gasteiger partial charge in [0.2, 0.25) is 12.2 Å². The second kappa shape index (κ2) is 47.9. The molecule has 11 aromatic carbocycles. The third-order valence-corrected chi connectivity index (χ3v) is 16.0. The zero-order valence-electron chi connectivity index (χ0n) is 61.5. The summed E-state index contributed by atoms with van der Waals surface area (Å²) in [4.78, 5) is 24.9. The van der Waals surface area contributed by atoms with E-state index in [9.17, 15) is 40.2 Å². The molecule has 0 bridgehead atoms. The number of halogens is 5. The average molecular weight is 1630 g/mol. The quantitative estimate of drug-likeness (QED) is 0.0139. The molecule has 0 saturated carbocycles. The van der Waals surface area contributed by atoms with Crippen LogP contribution in [-0.4, -0.2) is 109 Å². The molecule has 3 atom stereocenters. The van der Waals surface area contributed by atoms with Crippen LogP contribution >= 0.6 is 58.8 Å². The molecule has 580 valence electrons. The molecule has 0 aliphatic rings. The van der Waals surface area contributed by atoms with Crippen LogP contribution in [-0.2, 0) is 55.0 Å². The van der Waals surface area contributed by atoms with Gasteiger partial charge in [0, 0.05) is 69.7 Å². The molecule has 0 amide bonds. The van der Waals surface area contributed by atoms with Gasteiger partial charge >= 0.3 is 30.8 Å². The van der Waals surface area contributed by atoms with Crippen LogP contribution in [0.15, 0.2) is 243 Å².